The summed E-state index contributed by atoms with van der Waals surface area (Å²) in [6.07, 6.45) is 1.80. The predicted octanol–water partition coefficient (Wildman–Crippen LogP) is 0.963. The zero-order valence-corrected chi connectivity index (χ0v) is 15.9. The maximum atomic E-state index is 13.9. The number of rotatable bonds is 6. The fourth-order valence-electron chi connectivity index (χ4n) is 2.96. The molecule has 0 aliphatic carbocycles. The number of likely N-dealkylation sites (tertiary alicyclic amines) is 1. The van der Waals surface area contributed by atoms with Gasteiger partial charge >= 0.3 is 0 Å². The Labute approximate surface area is 159 Å². The summed E-state index contributed by atoms with van der Waals surface area (Å²) in [5.41, 5.74) is 0.815. The van der Waals surface area contributed by atoms with Crippen LogP contribution in [0.4, 0.5) is 4.39 Å². The van der Waals surface area contributed by atoms with Gasteiger partial charge in [0.25, 0.3) is 0 Å². The third-order valence-corrected chi connectivity index (χ3v) is 4.50. The van der Waals surface area contributed by atoms with Crippen LogP contribution in [0.25, 0.3) is 0 Å². The molecule has 27 heavy (non-hydrogen) atoms. The first kappa shape index (κ1) is 20.6. The van der Waals surface area contributed by atoms with Gasteiger partial charge in [-0.2, -0.15) is 5.26 Å². The average molecular weight is 374 g/mol. The summed E-state index contributed by atoms with van der Waals surface area (Å²) in [5, 5.41) is 18.2. The Balaban J connectivity index is 1.93. The zero-order chi connectivity index (χ0) is 19.6. The molecule has 1 fully saturated rings. The number of aliphatic imine (C=N–C) groups is 1. The quantitative estimate of drug-likeness (QED) is 0.510. The van der Waals surface area contributed by atoms with Crippen molar-refractivity contribution >= 4 is 11.9 Å². The van der Waals surface area contributed by atoms with Gasteiger partial charge in [-0.05, 0) is 38.0 Å². The molecule has 0 bridgehead atoms. The highest BCUT2D eigenvalue weighted by Gasteiger charge is 2.21. The minimum absolute atomic E-state index is 0.0259. The molecule has 2 rings (SSSR count). The number of piperidine rings is 1. The van der Waals surface area contributed by atoms with Crippen molar-refractivity contribution in [3.8, 4) is 6.07 Å². The molecule has 0 saturated carbocycles. The monoisotopic (exact) mass is 374 g/mol. The molecule has 0 unspecified atom stereocenters. The number of carbonyl (C=O) groups excluding carboxylic acids is 1. The highest BCUT2D eigenvalue weighted by atomic mass is 19.1. The highest BCUT2D eigenvalue weighted by molar-refractivity contribution is 5.80. The van der Waals surface area contributed by atoms with Crippen molar-refractivity contribution in [1.29, 1.82) is 5.26 Å². The molecular formula is C19H27FN6O. The minimum atomic E-state index is -0.365. The Bertz CT molecular complexity index is 707. The number of nitriles is 1. The van der Waals surface area contributed by atoms with Gasteiger partial charge in [0.15, 0.2) is 5.96 Å². The van der Waals surface area contributed by atoms with Gasteiger partial charge in [0.05, 0.1) is 24.7 Å². The maximum absolute atomic E-state index is 13.9. The number of halogens is 1. The molecule has 1 saturated heterocycles. The Morgan fingerprint density at radius 2 is 2.15 bits per heavy atom. The van der Waals surface area contributed by atoms with Crippen LogP contribution < -0.4 is 16.0 Å². The van der Waals surface area contributed by atoms with Gasteiger partial charge in [0, 0.05) is 38.3 Å². The Hall–Kier alpha value is -2.66. The summed E-state index contributed by atoms with van der Waals surface area (Å²) in [4.78, 5) is 18.1. The van der Waals surface area contributed by atoms with Crippen molar-refractivity contribution in [3.05, 3.63) is 35.1 Å². The largest absolute Gasteiger partial charge is 0.358 e. The van der Waals surface area contributed by atoms with Crippen LogP contribution >= 0.6 is 0 Å². The molecule has 146 valence electrons. The number of nitrogens with one attached hydrogen (secondary N) is 3. The van der Waals surface area contributed by atoms with E-state index in [1.165, 1.54) is 18.2 Å². The van der Waals surface area contributed by atoms with Crippen LogP contribution in [-0.2, 0) is 11.3 Å². The lowest BCUT2D eigenvalue weighted by Crippen LogP contribution is -2.50. The van der Waals surface area contributed by atoms with Crippen molar-refractivity contribution in [2.45, 2.75) is 32.4 Å². The number of benzene rings is 1. The lowest BCUT2D eigenvalue weighted by Gasteiger charge is -2.32. The van der Waals surface area contributed by atoms with Gasteiger partial charge in [0.1, 0.15) is 5.82 Å². The van der Waals surface area contributed by atoms with E-state index < -0.39 is 0 Å². The Morgan fingerprint density at radius 1 is 1.41 bits per heavy atom. The summed E-state index contributed by atoms with van der Waals surface area (Å²) in [5.74, 6) is 0.290. The number of carbonyl (C=O) groups is 1. The third-order valence-electron chi connectivity index (χ3n) is 4.50. The van der Waals surface area contributed by atoms with Gasteiger partial charge in [-0.15, -0.1) is 0 Å². The van der Waals surface area contributed by atoms with Crippen molar-refractivity contribution in [1.82, 2.24) is 20.9 Å². The fourth-order valence-corrected chi connectivity index (χ4v) is 2.96. The second kappa shape index (κ2) is 10.5. The van der Waals surface area contributed by atoms with E-state index in [-0.39, 0.29) is 24.3 Å². The summed E-state index contributed by atoms with van der Waals surface area (Å²) in [7, 11) is 1.64. The molecule has 1 aromatic carbocycles. The number of hydrogen-bond acceptors (Lipinski definition) is 4. The molecule has 0 spiro atoms. The van der Waals surface area contributed by atoms with Gasteiger partial charge in [-0.1, -0.05) is 0 Å². The molecular weight excluding hydrogens is 347 g/mol. The first-order chi connectivity index (χ1) is 13.0. The van der Waals surface area contributed by atoms with Crippen molar-refractivity contribution < 1.29 is 9.18 Å². The highest BCUT2D eigenvalue weighted by Crippen LogP contribution is 2.12. The van der Waals surface area contributed by atoms with Crippen LogP contribution in [0.3, 0.4) is 0 Å². The van der Waals surface area contributed by atoms with Crippen LogP contribution in [0.1, 0.15) is 30.9 Å². The molecule has 1 amide bonds. The van der Waals surface area contributed by atoms with E-state index in [0.717, 1.165) is 25.9 Å². The van der Waals surface area contributed by atoms with Gasteiger partial charge < -0.3 is 16.0 Å². The lowest BCUT2D eigenvalue weighted by molar-refractivity contribution is -0.122. The van der Waals surface area contributed by atoms with Crippen molar-refractivity contribution in [3.63, 3.8) is 0 Å². The Kier molecular flexibility index (Phi) is 8.01. The number of guanidine groups is 1. The van der Waals surface area contributed by atoms with Crippen LogP contribution in [0.5, 0.6) is 0 Å². The summed E-state index contributed by atoms with van der Waals surface area (Å²) >= 11 is 0. The molecule has 0 radical (unpaired) electrons. The standard InChI is InChI=1S/C19H27FN6O/c1-3-23-19(24-12-15-10-14(11-21)4-5-17(15)20)25-16-6-8-26(9-7-16)13-18(27)22-2/h4-5,10,16H,3,6-9,12-13H2,1-2H3,(H,22,27)(H2,23,24,25). The van der Waals surface area contributed by atoms with Crippen LogP contribution in [0.15, 0.2) is 23.2 Å². The normalized spacial score (nSPS) is 15.9. The molecule has 1 heterocycles. The smallest absolute Gasteiger partial charge is 0.233 e. The fraction of sp³-hybridized carbons (Fsp3) is 0.526. The maximum Gasteiger partial charge on any atom is 0.233 e. The van der Waals surface area contributed by atoms with E-state index in [1.807, 2.05) is 13.0 Å². The van der Waals surface area contributed by atoms with Gasteiger partial charge in [-0.25, -0.2) is 9.38 Å². The molecule has 0 aromatic heterocycles. The molecule has 3 N–H and O–H groups in total. The SMILES string of the molecule is CCNC(=NCc1cc(C#N)ccc1F)NC1CCN(CC(=O)NC)CC1. The molecule has 1 aliphatic rings. The zero-order valence-electron chi connectivity index (χ0n) is 15.9. The second-order valence-corrected chi connectivity index (χ2v) is 6.48. The van der Waals surface area contributed by atoms with E-state index in [9.17, 15) is 9.18 Å². The van der Waals surface area contributed by atoms with Crippen LogP contribution in [-0.4, -0.2) is 56.0 Å². The van der Waals surface area contributed by atoms with E-state index in [0.29, 0.717) is 30.2 Å². The van der Waals surface area contributed by atoms with Crippen LogP contribution in [0, 0.1) is 17.1 Å². The van der Waals surface area contributed by atoms with Crippen molar-refractivity contribution in [2.24, 2.45) is 4.99 Å². The number of amides is 1. The van der Waals surface area contributed by atoms with E-state index in [4.69, 9.17) is 5.26 Å². The summed E-state index contributed by atoms with van der Waals surface area (Å²) in [6.45, 7) is 4.92. The number of likely N-dealkylation sites (N-methyl/N-ethyl adjacent to an activating group) is 1. The minimum Gasteiger partial charge on any atom is -0.358 e. The number of hydrogen-bond donors (Lipinski definition) is 3. The third kappa shape index (κ3) is 6.53. The van der Waals surface area contributed by atoms with Gasteiger partial charge in [0.2, 0.25) is 5.91 Å². The van der Waals surface area contributed by atoms with E-state index >= 15 is 0 Å². The topological polar surface area (TPSA) is 92.6 Å². The number of nitrogens with zero attached hydrogens (tertiary/aromatic N) is 3. The van der Waals surface area contributed by atoms with Crippen molar-refractivity contribution in [2.75, 3.05) is 33.2 Å². The van der Waals surface area contributed by atoms with E-state index in [2.05, 4.69) is 25.8 Å². The Morgan fingerprint density at radius 3 is 2.78 bits per heavy atom. The average Bonchev–Trinajstić information content (AvgIpc) is 2.68. The van der Waals surface area contributed by atoms with E-state index in [1.54, 1.807) is 7.05 Å². The van der Waals surface area contributed by atoms with Gasteiger partial charge in [-0.3, -0.25) is 9.69 Å². The van der Waals surface area contributed by atoms with Crippen LogP contribution in [0.2, 0.25) is 0 Å². The first-order valence-corrected chi connectivity index (χ1v) is 9.22. The molecule has 8 heteroatoms. The summed E-state index contributed by atoms with van der Waals surface area (Å²) in [6, 6.07) is 6.55. The molecule has 7 nitrogen and oxygen atoms in total. The summed E-state index contributed by atoms with van der Waals surface area (Å²) < 4.78 is 13.9. The lowest BCUT2D eigenvalue weighted by atomic mass is 10.1. The predicted molar refractivity (Wildman–Crippen MR) is 103 cm³/mol. The molecule has 1 aliphatic heterocycles. The molecule has 1 aromatic rings. The first-order valence-electron chi connectivity index (χ1n) is 9.22. The second-order valence-electron chi connectivity index (χ2n) is 6.48. The molecule has 0 atom stereocenters.